The van der Waals surface area contributed by atoms with Crippen LogP contribution in [0.15, 0.2) is 12.3 Å². The molecule has 4 nitrogen and oxygen atoms in total. The second kappa shape index (κ2) is 5.55. The summed E-state index contributed by atoms with van der Waals surface area (Å²) in [6.07, 6.45) is 2.71. The van der Waals surface area contributed by atoms with Crippen molar-refractivity contribution < 1.29 is 0 Å². The summed E-state index contributed by atoms with van der Waals surface area (Å²) in [7, 11) is 0. The third-order valence-electron chi connectivity index (χ3n) is 3.71. The first kappa shape index (κ1) is 13.1. The molecule has 0 bridgehead atoms. The molecule has 1 fully saturated rings. The van der Waals surface area contributed by atoms with Crippen molar-refractivity contribution in [3.63, 3.8) is 0 Å². The maximum Gasteiger partial charge on any atom is 0.148 e. The van der Waals surface area contributed by atoms with Crippen molar-refractivity contribution in [1.82, 2.24) is 4.98 Å². The van der Waals surface area contributed by atoms with E-state index in [0.29, 0.717) is 34.8 Å². The van der Waals surface area contributed by atoms with E-state index in [1.807, 2.05) is 0 Å². The Bertz CT molecular complexity index is 469. The van der Waals surface area contributed by atoms with Gasteiger partial charge in [0.15, 0.2) is 0 Å². The Morgan fingerprint density at radius 3 is 3.11 bits per heavy atom. The summed E-state index contributed by atoms with van der Waals surface area (Å²) < 4.78 is 0. The Balaban J connectivity index is 2.25. The van der Waals surface area contributed by atoms with Gasteiger partial charge in [-0.2, -0.15) is 5.26 Å². The standard InChI is InChI=1S/C13H17ClN4/c1-9-3-5-18(8-11(9)7-16)13-12(14)10(6-15)2-4-17-13/h2,4,9,11H,3,5,7-8,16H2,1H3. The summed E-state index contributed by atoms with van der Waals surface area (Å²) in [6, 6.07) is 3.72. The molecule has 1 saturated heterocycles. The SMILES string of the molecule is CC1CCN(c2nccc(C#N)c2Cl)CC1CN. The molecule has 2 rings (SSSR count). The molecule has 1 aromatic heterocycles. The van der Waals surface area contributed by atoms with Gasteiger partial charge < -0.3 is 10.6 Å². The van der Waals surface area contributed by atoms with E-state index in [4.69, 9.17) is 22.6 Å². The molecule has 0 aromatic carbocycles. The zero-order chi connectivity index (χ0) is 13.1. The highest BCUT2D eigenvalue weighted by Crippen LogP contribution is 2.31. The highest BCUT2D eigenvalue weighted by atomic mass is 35.5. The molecule has 96 valence electrons. The maximum absolute atomic E-state index is 8.98. The maximum atomic E-state index is 8.98. The van der Waals surface area contributed by atoms with Crippen LogP contribution in [-0.2, 0) is 0 Å². The van der Waals surface area contributed by atoms with Crippen LogP contribution in [0.3, 0.4) is 0 Å². The van der Waals surface area contributed by atoms with Gasteiger partial charge in [0, 0.05) is 19.3 Å². The lowest BCUT2D eigenvalue weighted by atomic mass is 9.87. The Labute approximate surface area is 112 Å². The van der Waals surface area contributed by atoms with Crippen LogP contribution < -0.4 is 10.6 Å². The van der Waals surface area contributed by atoms with Crippen LogP contribution in [-0.4, -0.2) is 24.6 Å². The number of rotatable bonds is 2. The molecule has 0 amide bonds. The van der Waals surface area contributed by atoms with Crippen LogP contribution in [0.25, 0.3) is 0 Å². The van der Waals surface area contributed by atoms with Crippen molar-refractivity contribution in [2.75, 3.05) is 24.5 Å². The van der Waals surface area contributed by atoms with Crippen molar-refractivity contribution in [3.05, 3.63) is 22.8 Å². The van der Waals surface area contributed by atoms with Crippen LogP contribution in [0.4, 0.5) is 5.82 Å². The highest BCUT2D eigenvalue weighted by Gasteiger charge is 2.27. The molecule has 2 unspecified atom stereocenters. The molecule has 1 aromatic rings. The van der Waals surface area contributed by atoms with Gasteiger partial charge in [-0.05, 0) is 30.9 Å². The van der Waals surface area contributed by atoms with Gasteiger partial charge in [-0.25, -0.2) is 4.98 Å². The molecule has 5 heteroatoms. The Kier molecular flexibility index (Phi) is 4.05. The summed E-state index contributed by atoms with van der Waals surface area (Å²) in [6.45, 7) is 4.68. The molecule has 2 heterocycles. The van der Waals surface area contributed by atoms with Crippen LogP contribution >= 0.6 is 11.6 Å². The number of halogens is 1. The van der Waals surface area contributed by atoms with E-state index in [1.54, 1.807) is 12.3 Å². The van der Waals surface area contributed by atoms with Crippen molar-refractivity contribution in [2.45, 2.75) is 13.3 Å². The molecule has 18 heavy (non-hydrogen) atoms. The molecule has 1 aliphatic rings. The van der Waals surface area contributed by atoms with Gasteiger partial charge >= 0.3 is 0 Å². The fraction of sp³-hybridized carbons (Fsp3) is 0.538. The van der Waals surface area contributed by atoms with Crippen molar-refractivity contribution in [3.8, 4) is 6.07 Å². The minimum Gasteiger partial charge on any atom is -0.355 e. The molecule has 2 N–H and O–H groups in total. The predicted molar refractivity (Wildman–Crippen MR) is 72.5 cm³/mol. The molecule has 1 aliphatic heterocycles. The number of nitrogens with zero attached hydrogens (tertiary/aromatic N) is 3. The van der Waals surface area contributed by atoms with Gasteiger partial charge in [0.2, 0.25) is 0 Å². The number of hydrogen-bond donors (Lipinski definition) is 1. The van der Waals surface area contributed by atoms with E-state index in [0.717, 1.165) is 19.5 Å². The minimum absolute atomic E-state index is 0.449. The van der Waals surface area contributed by atoms with E-state index in [1.165, 1.54) is 0 Å². The largest absolute Gasteiger partial charge is 0.355 e. The molecular weight excluding hydrogens is 248 g/mol. The second-order valence-corrected chi connectivity index (χ2v) is 5.19. The first-order valence-corrected chi connectivity index (χ1v) is 6.54. The molecule has 0 aliphatic carbocycles. The van der Waals surface area contributed by atoms with Crippen molar-refractivity contribution in [1.29, 1.82) is 5.26 Å². The predicted octanol–water partition coefficient (Wildman–Crippen LogP) is 2.03. The Morgan fingerprint density at radius 2 is 2.44 bits per heavy atom. The van der Waals surface area contributed by atoms with Crippen LogP contribution in [0.1, 0.15) is 18.9 Å². The Hall–Kier alpha value is -1.31. The number of piperidine rings is 1. The number of aromatic nitrogens is 1. The van der Waals surface area contributed by atoms with E-state index < -0.39 is 0 Å². The molecule has 0 radical (unpaired) electrons. The van der Waals surface area contributed by atoms with Gasteiger partial charge in [0.1, 0.15) is 16.9 Å². The van der Waals surface area contributed by atoms with Gasteiger partial charge in [0.25, 0.3) is 0 Å². The van der Waals surface area contributed by atoms with Gasteiger partial charge in [0.05, 0.1) is 5.56 Å². The average Bonchev–Trinajstić information content (AvgIpc) is 2.40. The number of nitrogens with two attached hydrogens (primary N) is 1. The smallest absolute Gasteiger partial charge is 0.148 e. The van der Waals surface area contributed by atoms with Crippen LogP contribution in [0.5, 0.6) is 0 Å². The van der Waals surface area contributed by atoms with Crippen molar-refractivity contribution in [2.24, 2.45) is 17.6 Å². The fourth-order valence-corrected chi connectivity index (χ4v) is 2.66. The highest BCUT2D eigenvalue weighted by molar-refractivity contribution is 6.34. The monoisotopic (exact) mass is 264 g/mol. The summed E-state index contributed by atoms with van der Waals surface area (Å²) in [5.41, 5.74) is 6.27. The summed E-state index contributed by atoms with van der Waals surface area (Å²) in [5, 5.41) is 9.43. The van der Waals surface area contributed by atoms with E-state index >= 15 is 0 Å². The van der Waals surface area contributed by atoms with E-state index in [2.05, 4.69) is 22.9 Å². The number of hydrogen-bond acceptors (Lipinski definition) is 4. The first-order valence-electron chi connectivity index (χ1n) is 6.17. The van der Waals surface area contributed by atoms with Crippen molar-refractivity contribution >= 4 is 17.4 Å². The zero-order valence-corrected chi connectivity index (χ0v) is 11.2. The first-order chi connectivity index (χ1) is 8.67. The topological polar surface area (TPSA) is 65.9 Å². The third-order valence-corrected chi connectivity index (χ3v) is 4.08. The van der Waals surface area contributed by atoms with Gasteiger partial charge in [-0.1, -0.05) is 18.5 Å². The van der Waals surface area contributed by atoms with E-state index in [-0.39, 0.29) is 0 Å². The Morgan fingerprint density at radius 1 is 1.67 bits per heavy atom. The number of anilines is 1. The molecule has 0 spiro atoms. The number of nitriles is 1. The van der Waals surface area contributed by atoms with Crippen LogP contribution in [0.2, 0.25) is 5.02 Å². The van der Waals surface area contributed by atoms with Crippen LogP contribution in [0, 0.1) is 23.2 Å². The number of pyridine rings is 1. The van der Waals surface area contributed by atoms with E-state index in [9.17, 15) is 0 Å². The normalized spacial score (nSPS) is 23.8. The molecular formula is C13H17ClN4. The second-order valence-electron chi connectivity index (χ2n) is 4.82. The van der Waals surface area contributed by atoms with Gasteiger partial charge in [-0.15, -0.1) is 0 Å². The average molecular weight is 265 g/mol. The molecule has 0 saturated carbocycles. The zero-order valence-electron chi connectivity index (χ0n) is 10.4. The summed E-state index contributed by atoms with van der Waals surface area (Å²) in [4.78, 5) is 6.45. The third kappa shape index (κ3) is 2.43. The molecule has 2 atom stereocenters. The lowest BCUT2D eigenvalue weighted by Crippen LogP contribution is -2.43. The van der Waals surface area contributed by atoms with Gasteiger partial charge in [-0.3, -0.25) is 0 Å². The summed E-state index contributed by atoms with van der Waals surface area (Å²) in [5.74, 6) is 1.80. The lowest BCUT2D eigenvalue weighted by Gasteiger charge is -2.37. The minimum atomic E-state index is 0.449. The quantitative estimate of drug-likeness (QED) is 0.888. The lowest BCUT2D eigenvalue weighted by molar-refractivity contribution is 0.307. The summed E-state index contributed by atoms with van der Waals surface area (Å²) >= 11 is 6.21. The fourth-order valence-electron chi connectivity index (χ4n) is 2.39.